The molecule has 0 aromatic heterocycles. The number of likely N-dealkylation sites (tertiary alicyclic amines) is 1. The van der Waals surface area contributed by atoms with Crippen LogP contribution in [0, 0.1) is 0 Å². The quantitative estimate of drug-likeness (QED) is 0.819. The van der Waals surface area contributed by atoms with E-state index in [0.717, 1.165) is 51.8 Å². The zero-order valence-corrected chi connectivity index (χ0v) is 13.4. The first-order chi connectivity index (χ1) is 10.0. The molecule has 0 aromatic carbocycles. The average Bonchev–Trinajstić information content (AvgIpc) is 2.47. The predicted octanol–water partition coefficient (Wildman–Crippen LogP) is 2.85. The Hall–Kier alpha value is -0.810. The van der Waals surface area contributed by atoms with Gasteiger partial charge in [0.15, 0.2) is 0 Å². The van der Waals surface area contributed by atoms with E-state index in [1.54, 1.807) is 0 Å². The second-order valence-electron chi connectivity index (χ2n) is 6.78. The Kier molecular flexibility index (Phi) is 5.88. The number of piperidine rings is 1. The molecule has 1 aliphatic carbocycles. The number of rotatable bonds is 5. The fraction of sp³-hybridized carbons (Fsp3) is 0.938. The molecular formula is C16H30N2O3. The molecule has 1 saturated carbocycles. The van der Waals surface area contributed by atoms with Crippen LogP contribution in [0.4, 0.5) is 4.79 Å². The van der Waals surface area contributed by atoms with Gasteiger partial charge in [0.1, 0.15) is 0 Å². The van der Waals surface area contributed by atoms with Crippen LogP contribution in [0.3, 0.4) is 0 Å². The number of hydrogen-bond donors (Lipinski definition) is 2. The molecular weight excluding hydrogens is 268 g/mol. The van der Waals surface area contributed by atoms with Crippen LogP contribution in [0.1, 0.15) is 58.8 Å². The summed E-state index contributed by atoms with van der Waals surface area (Å²) in [5.41, 5.74) is 0.278. The summed E-state index contributed by atoms with van der Waals surface area (Å²) in [4.78, 5) is 13.3. The van der Waals surface area contributed by atoms with Gasteiger partial charge >= 0.3 is 6.09 Å². The molecule has 5 heteroatoms. The van der Waals surface area contributed by atoms with Gasteiger partial charge in [-0.25, -0.2) is 4.79 Å². The van der Waals surface area contributed by atoms with Crippen molar-refractivity contribution in [2.45, 2.75) is 76.5 Å². The fourth-order valence-electron chi connectivity index (χ4n) is 3.72. The Morgan fingerprint density at radius 2 is 1.90 bits per heavy atom. The van der Waals surface area contributed by atoms with Crippen molar-refractivity contribution in [2.24, 2.45) is 0 Å². The van der Waals surface area contributed by atoms with Gasteiger partial charge in [-0.1, -0.05) is 6.92 Å². The Labute approximate surface area is 128 Å². The van der Waals surface area contributed by atoms with Crippen molar-refractivity contribution < 1.29 is 14.6 Å². The van der Waals surface area contributed by atoms with Gasteiger partial charge < -0.3 is 15.2 Å². The number of carbonyl (C=O) groups is 1. The fourth-order valence-corrected chi connectivity index (χ4v) is 3.72. The standard InChI is InChI=1S/C16H30N2O3/c1-3-12-21-14-4-8-16(2,9-5-14)18-10-6-13(7-11-18)17-15(19)20/h13-14,17H,3-12H2,1-2H3,(H,19,20). The summed E-state index contributed by atoms with van der Waals surface area (Å²) in [6.07, 6.45) is 7.20. The van der Waals surface area contributed by atoms with Gasteiger partial charge in [-0.2, -0.15) is 0 Å². The van der Waals surface area contributed by atoms with Crippen LogP contribution in [-0.2, 0) is 4.74 Å². The molecule has 1 amide bonds. The zero-order valence-electron chi connectivity index (χ0n) is 13.4. The lowest BCUT2D eigenvalue weighted by Crippen LogP contribution is -2.55. The second kappa shape index (κ2) is 7.45. The van der Waals surface area contributed by atoms with E-state index in [9.17, 15) is 4.79 Å². The van der Waals surface area contributed by atoms with Crippen LogP contribution >= 0.6 is 0 Å². The maximum absolute atomic E-state index is 10.7. The predicted molar refractivity (Wildman–Crippen MR) is 82.7 cm³/mol. The molecule has 0 spiro atoms. The van der Waals surface area contributed by atoms with E-state index < -0.39 is 6.09 Å². The normalized spacial score (nSPS) is 32.0. The molecule has 1 aliphatic heterocycles. The topological polar surface area (TPSA) is 61.8 Å². The number of amides is 1. The van der Waals surface area contributed by atoms with E-state index >= 15 is 0 Å². The third kappa shape index (κ3) is 4.58. The van der Waals surface area contributed by atoms with Crippen molar-refractivity contribution >= 4 is 6.09 Å². The molecule has 2 N–H and O–H groups in total. The monoisotopic (exact) mass is 298 g/mol. The van der Waals surface area contributed by atoms with Crippen molar-refractivity contribution in [1.82, 2.24) is 10.2 Å². The lowest BCUT2D eigenvalue weighted by Gasteiger charge is -2.48. The summed E-state index contributed by atoms with van der Waals surface area (Å²) < 4.78 is 5.88. The van der Waals surface area contributed by atoms with Crippen molar-refractivity contribution in [3.8, 4) is 0 Å². The smallest absolute Gasteiger partial charge is 0.404 e. The minimum Gasteiger partial charge on any atom is -0.465 e. The highest BCUT2D eigenvalue weighted by Gasteiger charge is 2.38. The van der Waals surface area contributed by atoms with Crippen LogP contribution < -0.4 is 5.32 Å². The first kappa shape index (κ1) is 16.6. The molecule has 0 bridgehead atoms. The van der Waals surface area contributed by atoms with Crippen LogP contribution in [0.5, 0.6) is 0 Å². The first-order valence-electron chi connectivity index (χ1n) is 8.39. The first-order valence-corrected chi connectivity index (χ1v) is 8.39. The number of nitrogens with zero attached hydrogens (tertiary/aromatic N) is 1. The molecule has 2 fully saturated rings. The van der Waals surface area contributed by atoms with Crippen molar-refractivity contribution in [2.75, 3.05) is 19.7 Å². The summed E-state index contributed by atoms with van der Waals surface area (Å²) in [7, 11) is 0. The van der Waals surface area contributed by atoms with Crippen LogP contribution in [0.15, 0.2) is 0 Å². The number of carboxylic acid groups (broad SMARTS) is 1. The molecule has 0 radical (unpaired) electrons. The number of nitrogens with one attached hydrogen (secondary N) is 1. The van der Waals surface area contributed by atoms with Gasteiger partial charge in [-0.3, -0.25) is 4.90 Å². The van der Waals surface area contributed by atoms with E-state index in [1.807, 2.05) is 0 Å². The van der Waals surface area contributed by atoms with Crippen LogP contribution in [0.2, 0.25) is 0 Å². The summed E-state index contributed by atoms with van der Waals surface area (Å²) in [6, 6.07) is 0.131. The largest absolute Gasteiger partial charge is 0.465 e. The Balaban J connectivity index is 1.76. The molecule has 5 nitrogen and oxygen atoms in total. The summed E-state index contributed by atoms with van der Waals surface area (Å²) >= 11 is 0. The molecule has 1 heterocycles. The van der Waals surface area contributed by atoms with E-state index in [-0.39, 0.29) is 11.6 Å². The highest BCUT2D eigenvalue weighted by atomic mass is 16.5. The molecule has 21 heavy (non-hydrogen) atoms. The summed E-state index contributed by atoms with van der Waals surface area (Å²) in [5.74, 6) is 0. The van der Waals surface area contributed by atoms with Crippen molar-refractivity contribution in [3.05, 3.63) is 0 Å². The highest BCUT2D eigenvalue weighted by molar-refractivity contribution is 5.64. The molecule has 0 atom stereocenters. The number of hydrogen-bond acceptors (Lipinski definition) is 3. The maximum atomic E-state index is 10.7. The SMILES string of the molecule is CCCOC1CCC(C)(N2CCC(NC(=O)O)CC2)CC1. The van der Waals surface area contributed by atoms with Gasteiger partial charge in [0.2, 0.25) is 0 Å². The third-order valence-electron chi connectivity index (χ3n) is 5.15. The lowest BCUT2D eigenvalue weighted by molar-refractivity contribution is -0.0291. The minimum absolute atomic E-state index is 0.131. The summed E-state index contributed by atoms with van der Waals surface area (Å²) in [5, 5.41) is 11.4. The van der Waals surface area contributed by atoms with Gasteiger partial charge in [-0.05, 0) is 51.9 Å². The maximum Gasteiger partial charge on any atom is 0.404 e. The highest BCUT2D eigenvalue weighted by Crippen LogP contribution is 2.36. The molecule has 122 valence electrons. The zero-order chi connectivity index (χ0) is 15.3. The van der Waals surface area contributed by atoms with Crippen molar-refractivity contribution in [3.63, 3.8) is 0 Å². The van der Waals surface area contributed by atoms with Gasteiger partial charge in [0.05, 0.1) is 6.10 Å². The molecule has 2 aliphatic rings. The number of ether oxygens (including phenoxy) is 1. The molecule has 0 aromatic rings. The molecule has 0 unspecified atom stereocenters. The van der Waals surface area contributed by atoms with E-state index in [1.165, 1.54) is 12.8 Å². The van der Waals surface area contributed by atoms with E-state index in [2.05, 4.69) is 24.1 Å². The van der Waals surface area contributed by atoms with Crippen LogP contribution in [-0.4, -0.2) is 53.5 Å². The molecule has 1 saturated heterocycles. The van der Waals surface area contributed by atoms with E-state index in [0.29, 0.717) is 6.10 Å². The van der Waals surface area contributed by atoms with Gasteiger partial charge in [0.25, 0.3) is 0 Å². The molecule has 2 rings (SSSR count). The Morgan fingerprint density at radius 3 is 2.43 bits per heavy atom. The Bertz CT molecular complexity index is 332. The summed E-state index contributed by atoms with van der Waals surface area (Å²) in [6.45, 7) is 7.41. The van der Waals surface area contributed by atoms with Crippen molar-refractivity contribution in [1.29, 1.82) is 0 Å². The van der Waals surface area contributed by atoms with Crippen LogP contribution in [0.25, 0.3) is 0 Å². The minimum atomic E-state index is -0.895. The van der Waals surface area contributed by atoms with Gasteiger partial charge in [0, 0.05) is 31.3 Å². The second-order valence-corrected chi connectivity index (χ2v) is 6.78. The Morgan fingerprint density at radius 1 is 1.29 bits per heavy atom. The van der Waals surface area contributed by atoms with Gasteiger partial charge in [-0.15, -0.1) is 0 Å². The van der Waals surface area contributed by atoms with E-state index in [4.69, 9.17) is 9.84 Å². The average molecular weight is 298 g/mol. The lowest BCUT2D eigenvalue weighted by atomic mass is 9.79. The third-order valence-corrected chi connectivity index (χ3v) is 5.15.